The molecule has 0 amide bonds. The number of nitrogens with zero attached hydrogens (tertiary/aromatic N) is 6. The van der Waals surface area contributed by atoms with Gasteiger partial charge < -0.3 is 4.74 Å². The predicted molar refractivity (Wildman–Crippen MR) is 129 cm³/mol. The first-order chi connectivity index (χ1) is 16.3. The Kier molecular flexibility index (Phi) is 6.76. The summed E-state index contributed by atoms with van der Waals surface area (Å²) in [5.41, 5.74) is 2.53. The van der Waals surface area contributed by atoms with Gasteiger partial charge in [-0.3, -0.25) is 9.80 Å². The molecule has 1 aliphatic rings. The van der Waals surface area contributed by atoms with Crippen molar-refractivity contribution in [3.05, 3.63) is 93.9 Å². The van der Waals surface area contributed by atoms with Gasteiger partial charge in [-0.2, -0.15) is 0 Å². The standard InChI is InChI=1S/C25H28N6OS/c1-32-22-11-9-21(10-12-22)24(25-26-27-28-31(25)19-23-8-5-17-33-23)30-15-13-29(14-16-30)18-20-6-3-2-4-7-20/h2-12,17,24H,13-16,18-19H2,1H3. The molecule has 5 rings (SSSR count). The third kappa shape index (κ3) is 5.13. The molecule has 0 spiro atoms. The van der Waals surface area contributed by atoms with Crippen molar-refractivity contribution in [2.45, 2.75) is 19.1 Å². The van der Waals surface area contributed by atoms with E-state index in [0.29, 0.717) is 6.54 Å². The second kappa shape index (κ2) is 10.2. The van der Waals surface area contributed by atoms with E-state index >= 15 is 0 Å². The van der Waals surface area contributed by atoms with Crippen molar-refractivity contribution in [1.29, 1.82) is 0 Å². The van der Waals surface area contributed by atoms with Crippen LogP contribution in [0.4, 0.5) is 0 Å². The number of piperazine rings is 1. The maximum Gasteiger partial charge on any atom is 0.173 e. The second-order valence-electron chi connectivity index (χ2n) is 8.25. The molecule has 0 radical (unpaired) electrons. The van der Waals surface area contributed by atoms with Crippen molar-refractivity contribution >= 4 is 11.3 Å². The zero-order valence-electron chi connectivity index (χ0n) is 18.7. The Morgan fingerprint density at radius 3 is 2.39 bits per heavy atom. The lowest BCUT2D eigenvalue weighted by molar-refractivity contribution is 0.100. The molecule has 1 atom stereocenters. The molecule has 170 valence electrons. The number of thiophene rings is 1. The van der Waals surface area contributed by atoms with E-state index < -0.39 is 0 Å². The Morgan fingerprint density at radius 2 is 1.70 bits per heavy atom. The van der Waals surface area contributed by atoms with Gasteiger partial charge in [0, 0.05) is 37.6 Å². The number of aromatic nitrogens is 4. The average molecular weight is 461 g/mol. The maximum absolute atomic E-state index is 5.39. The van der Waals surface area contributed by atoms with Crippen LogP contribution in [0.2, 0.25) is 0 Å². The first-order valence-electron chi connectivity index (χ1n) is 11.2. The van der Waals surface area contributed by atoms with Crippen molar-refractivity contribution < 1.29 is 4.74 Å². The normalized spacial score (nSPS) is 16.0. The fraction of sp³-hybridized carbons (Fsp3) is 0.320. The quantitative estimate of drug-likeness (QED) is 0.400. The van der Waals surface area contributed by atoms with Gasteiger partial charge in [0.1, 0.15) is 5.75 Å². The third-order valence-corrected chi connectivity index (χ3v) is 7.00. The van der Waals surface area contributed by atoms with E-state index in [1.54, 1.807) is 18.4 Å². The highest BCUT2D eigenvalue weighted by atomic mass is 32.1. The van der Waals surface area contributed by atoms with Crippen molar-refractivity contribution in [2.75, 3.05) is 33.3 Å². The topological polar surface area (TPSA) is 59.3 Å². The molecule has 0 saturated carbocycles. The molecule has 0 aliphatic carbocycles. The van der Waals surface area contributed by atoms with Gasteiger partial charge in [-0.05, 0) is 45.1 Å². The number of hydrogen-bond donors (Lipinski definition) is 0. The highest BCUT2D eigenvalue weighted by Crippen LogP contribution is 2.30. The Balaban J connectivity index is 1.38. The second-order valence-corrected chi connectivity index (χ2v) is 9.28. The lowest BCUT2D eigenvalue weighted by atomic mass is 10.0. The molecular weight excluding hydrogens is 432 g/mol. The number of hydrogen-bond acceptors (Lipinski definition) is 7. The van der Waals surface area contributed by atoms with Crippen molar-refractivity contribution in [2.24, 2.45) is 0 Å². The van der Waals surface area contributed by atoms with Gasteiger partial charge in [0.05, 0.1) is 19.7 Å². The van der Waals surface area contributed by atoms with E-state index in [2.05, 4.69) is 85.3 Å². The van der Waals surface area contributed by atoms with Gasteiger partial charge in [0.2, 0.25) is 0 Å². The first kappa shape index (κ1) is 21.8. The van der Waals surface area contributed by atoms with Crippen LogP contribution < -0.4 is 4.74 Å². The molecule has 8 heteroatoms. The molecule has 4 aromatic rings. The SMILES string of the molecule is COc1ccc(C(c2nnnn2Cc2cccs2)N2CCN(Cc3ccccc3)CC2)cc1. The average Bonchev–Trinajstić information content (AvgIpc) is 3.54. The van der Waals surface area contributed by atoms with Crippen LogP contribution in [0.15, 0.2) is 72.1 Å². The Hall–Kier alpha value is -3.07. The third-order valence-electron chi connectivity index (χ3n) is 6.14. The lowest BCUT2D eigenvalue weighted by Gasteiger charge is -2.39. The summed E-state index contributed by atoms with van der Waals surface area (Å²) in [6.45, 7) is 5.59. The lowest BCUT2D eigenvalue weighted by Crippen LogP contribution is -2.47. The number of tetrazole rings is 1. The fourth-order valence-corrected chi connectivity index (χ4v) is 5.09. The van der Waals surface area contributed by atoms with Crippen LogP contribution in [-0.2, 0) is 13.1 Å². The summed E-state index contributed by atoms with van der Waals surface area (Å²) in [6, 6.07) is 23.2. The van der Waals surface area contributed by atoms with Crippen LogP contribution in [-0.4, -0.2) is 63.3 Å². The van der Waals surface area contributed by atoms with Gasteiger partial charge in [-0.1, -0.05) is 48.5 Å². The van der Waals surface area contributed by atoms with Gasteiger partial charge in [0.25, 0.3) is 0 Å². The molecule has 3 heterocycles. The summed E-state index contributed by atoms with van der Waals surface area (Å²) in [5, 5.41) is 15.0. The molecule has 0 bridgehead atoms. The van der Waals surface area contributed by atoms with Crippen LogP contribution in [0.3, 0.4) is 0 Å². The minimum Gasteiger partial charge on any atom is -0.497 e. The molecule has 1 unspecified atom stereocenters. The number of rotatable bonds is 8. The van der Waals surface area contributed by atoms with E-state index in [-0.39, 0.29) is 6.04 Å². The monoisotopic (exact) mass is 460 g/mol. The summed E-state index contributed by atoms with van der Waals surface area (Å²) in [4.78, 5) is 6.26. The summed E-state index contributed by atoms with van der Waals surface area (Å²) >= 11 is 1.73. The molecule has 2 aromatic carbocycles. The van der Waals surface area contributed by atoms with Crippen molar-refractivity contribution in [1.82, 2.24) is 30.0 Å². The minimum atomic E-state index is -0.00950. The van der Waals surface area contributed by atoms with E-state index in [1.165, 1.54) is 16.0 Å². The maximum atomic E-state index is 5.39. The first-order valence-corrected chi connectivity index (χ1v) is 12.1. The van der Waals surface area contributed by atoms with E-state index in [1.807, 2.05) is 16.8 Å². The molecular formula is C25H28N6OS. The zero-order valence-corrected chi connectivity index (χ0v) is 19.6. The number of methoxy groups -OCH3 is 1. The highest BCUT2D eigenvalue weighted by Gasteiger charge is 2.30. The molecule has 33 heavy (non-hydrogen) atoms. The molecule has 7 nitrogen and oxygen atoms in total. The Bertz CT molecular complexity index is 1120. The number of benzene rings is 2. The molecule has 1 aliphatic heterocycles. The van der Waals surface area contributed by atoms with Gasteiger partial charge >= 0.3 is 0 Å². The number of ether oxygens (including phenoxy) is 1. The van der Waals surface area contributed by atoms with Crippen LogP contribution in [0.5, 0.6) is 5.75 Å². The molecule has 1 fully saturated rings. The molecule has 1 saturated heterocycles. The summed E-state index contributed by atoms with van der Waals surface area (Å²) in [6.07, 6.45) is 0. The van der Waals surface area contributed by atoms with Crippen LogP contribution in [0, 0.1) is 0 Å². The zero-order chi connectivity index (χ0) is 22.5. The molecule has 0 N–H and O–H groups in total. The van der Waals surface area contributed by atoms with Gasteiger partial charge in [-0.25, -0.2) is 4.68 Å². The minimum absolute atomic E-state index is 0.00950. The van der Waals surface area contributed by atoms with Crippen LogP contribution >= 0.6 is 11.3 Å². The van der Waals surface area contributed by atoms with E-state index in [0.717, 1.165) is 44.3 Å². The van der Waals surface area contributed by atoms with E-state index in [9.17, 15) is 0 Å². The summed E-state index contributed by atoms with van der Waals surface area (Å²) < 4.78 is 7.33. The fourth-order valence-electron chi connectivity index (χ4n) is 4.40. The molecule has 2 aromatic heterocycles. The summed E-state index contributed by atoms with van der Waals surface area (Å²) in [7, 11) is 1.69. The Labute approximate surface area is 198 Å². The van der Waals surface area contributed by atoms with E-state index in [4.69, 9.17) is 4.74 Å². The highest BCUT2D eigenvalue weighted by molar-refractivity contribution is 7.09. The summed E-state index contributed by atoms with van der Waals surface area (Å²) in [5.74, 6) is 1.73. The van der Waals surface area contributed by atoms with Crippen molar-refractivity contribution in [3.63, 3.8) is 0 Å². The predicted octanol–water partition coefficient (Wildman–Crippen LogP) is 3.70. The van der Waals surface area contributed by atoms with Crippen LogP contribution in [0.25, 0.3) is 0 Å². The van der Waals surface area contributed by atoms with Crippen molar-refractivity contribution in [3.8, 4) is 5.75 Å². The van der Waals surface area contributed by atoms with Crippen LogP contribution in [0.1, 0.15) is 27.9 Å². The van der Waals surface area contributed by atoms with Gasteiger partial charge in [0.15, 0.2) is 5.82 Å². The Morgan fingerprint density at radius 1 is 0.909 bits per heavy atom. The van der Waals surface area contributed by atoms with Gasteiger partial charge in [-0.15, -0.1) is 16.4 Å². The largest absolute Gasteiger partial charge is 0.497 e. The smallest absolute Gasteiger partial charge is 0.173 e.